The molecule has 0 saturated carbocycles. The van der Waals surface area contributed by atoms with Crippen molar-refractivity contribution in [3.8, 4) is 0 Å². The second-order valence-corrected chi connectivity index (χ2v) is 6.65. The Bertz CT molecular complexity index is 524. The second kappa shape index (κ2) is 5.62. The van der Waals surface area contributed by atoms with Crippen molar-refractivity contribution in [2.24, 2.45) is 5.92 Å². The minimum Gasteiger partial charge on any atom is -0.446 e. The number of methoxy groups -OCH3 is 1. The lowest BCUT2D eigenvalue weighted by atomic mass is 9.97. The van der Waals surface area contributed by atoms with Gasteiger partial charge in [-0.2, -0.15) is 4.31 Å². The standard InChI is InChI=1S/C12H19NO5S/c1-9-5-6-13(7-11(9)17-2)19(15,16)12-4-3-10(8-14)18-12/h3-4,9,11,14H,5-8H2,1-2H3. The Labute approximate surface area is 113 Å². The molecule has 0 bridgehead atoms. The van der Waals surface area contributed by atoms with Crippen LogP contribution < -0.4 is 0 Å². The van der Waals surface area contributed by atoms with Crippen molar-refractivity contribution >= 4 is 10.0 Å². The molecule has 1 saturated heterocycles. The van der Waals surface area contributed by atoms with Crippen LogP contribution in [0.5, 0.6) is 0 Å². The van der Waals surface area contributed by atoms with E-state index in [1.165, 1.54) is 16.4 Å². The van der Waals surface area contributed by atoms with E-state index in [0.717, 1.165) is 6.42 Å². The van der Waals surface area contributed by atoms with Crippen LogP contribution in [-0.4, -0.2) is 44.1 Å². The van der Waals surface area contributed by atoms with Crippen molar-refractivity contribution in [3.63, 3.8) is 0 Å². The molecule has 108 valence electrons. The molecule has 0 aromatic carbocycles. The van der Waals surface area contributed by atoms with Crippen LogP contribution in [0.1, 0.15) is 19.1 Å². The first kappa shape index (κ1) is 14.5. The molecule has 2 heterocycles. The van der Waals surface area contributed by atoms with Gasteiger partial charge in [-0.1, -0.05) is 6.92 Å². The maximum absolute atomic E-state index is 12.4. The van der Waals surface area contributed by atoms with E-state index in [4.69, 9.17) is 14.3 Å². The summed E-state index contributed by atoms with van der Waals surface area (Å²) in [6, 6.07) is 2.84. The number of sulfonamides is 1. The summed E-state index contributed by atoms with van der Waals surface area (Å²) >= 11 is 0. The highest BCUT2D eigenvalue weighted by molar-refractivity contribution is 7.89. The summed E-state index contributed by atoms with van der Waals surface area (Å²) in [4.78, 5) is 0. The molecule has 0 aliphatic carbocycles. The summed E-state index contributed by atoms with van der Waals surface area (Å²) in [6.07, 6.45) is 0.654. The van der Waals surface area contributed by atoms with Gasteiger partial charge < -0.3 is 14.3 Å². The number of aliphatic hydroxyl groups excluding tert-OH is 1. The summed E-state index contributed by atoms with van der Waals surface area (Å²) < 4.78 is 36.6. The predicted molar refractivity (Wildman–Crippen MR) is 68.0 cm³/mol. The van der Waals surface area contributed by atoms with Crippen LogP contribution in [0.25, 0.3) is 0 Å². The molecule has 1 fully saturated rings. The van der Waals surface area contributed by atoms with E-state index < -0.39 is 10.0 Å². The Morgan fingerprint density at radius 3 is 2.84 bits per heavy atom. The van der Waals surface area contributed by atoms with Gasteiger partial charge in [-0.3, -0.25) is 0 Å². The smallest absolute Gasteiger partial charge is 0.276 e. The summed E-state index contributed by atoms with van der Waals surface area (Å²) in [5.74, 6) is 0.577. The Hall–Kier alpha value is -0.890. The molecule has 2 unspecified atom stereocenters. The molecule has 1 aliphatic rings. The highest BCUT2D eigenvalue weighted by Crippen LogP contribution is 2.26. The highest BCUT2D eigenvalue weighted by atomic mass is 32.2. The van der Waals surface area contributed by atoms with Crippen molar-refractivity contribution in [1.82, 2.24) is 4.31 Å². The average molecular weight is 289 g/mol. The van der Waals surface area contributed by atoms with Crippen molar-refractivity contribution in [2.45, 2.75) is 31.1 Å². The maximum atomic E-state index is 12.4. The monoisotopic (exact) mass is 289 g/mol. The molecule has 2 atom stereocenters. The third-order valence-electron chi connectivity index (χ3n) is 3.54. The third kappa shape index (κ3) is 2.84. The first-order valence-electron chi connectivity index (χ1n) is 6.21. The van der Waals surface area contributed by atoms with Gasteiger partial charge in [0.25, 0.3) is 10.0 Å². The SMILES string of the molecule is COC1CN(S(=O)(=O)c2ccc(CO)o2)CCC1C. The van der Waals surface area contributed by atoms with E-state index in [2.05, 4.69) is 6.92 Å². The van der Waals surface area contributed by atoms with Crippen LogP contribution in [0.4, 0.5) is 0 Å². The third-order valence-corrected chi connectivity index (χ3v) is 5.28. The normalized spacial score (nSPS) is 25.6. The molecular formula is C12H19NO5S. The second-order valence-electron chi connectivity index (χ2n) is 4.78. The van der Waals surface area contributed by atoms with Gasteiger partial charge in [-0.05, 0) is 24.5 Å². The van der Waals surface area contributed by atoms with Gasteiger partial charge in [0.05, 0.1) is 6.10 Å². The molecular weight excluding hydrogens is 270 g/mol. The molecule has 1 aliphatic heterocycles. The van der Waals surface area contributed by atoms with Gasteiger partial charge in [0.1, 0.15) is 12.4 Å². The molecule has 0 amide bonds. The number of aliphatic hydroxyl groups is 1. The van der Waals surface area contributed by atoms with E-state index in [0.29, 0.717) is 19.0 Å². The van der Waals surface area contributed by atoms with Gasteiger partial charge in [-0.15, -0.1) is 0 Å². The fourth-order valence-corrected chi connectivity index (χ4v) is 3.64. The number of ether oxygens (including phenoxy) is 1. The topological polar surface area (TPSA) is 80.0 Å². The molecule has 1 aromatic rings. The molecule has 2 rings (SSSR count). The minimum atomic E-state index is -3.64. The van der Waals surface area contributed by atoms with E-state index in [1.807, 2.05) is 0 Å². The number of nitrogens with zero attached hydrogens (tertiary/aromatic N) is 1. The predicted octanol–water partition coefficient (Wildman–Crippen LogP) is 0.817. The van der Waals surface area contributed by atoms with E-state index >= 15 is 0 Å². The molecule has 19 heavy (non-hydrogen) atoms. The van der Waals surface area contributed by atoms with Gasteiger partial charge in [0.15, 0.2) is 0 Å². The lowest BCUT2D eigenvalue weighted by molar-refractivity contribution is 0.0180. The summed E-state index contributed by atoms with van der Waals surface area (Å²) in [6.45, 7) is 2.52. The molecule has 0 spiro atoms. The van der Waals surface area contributed by atoms with Crippen LogP contribution in [-0.2, 0) is 21.4 Å². The van der Waals surface area contributed by atoms with Crippen LogP contribution >= 0.6 is 0 Å². The molecule has 6 nitrogen and oxygen atoms in total. The van der Waals surface area contributed by atoms with Crippen molar-refractivity contribution in [1.29, 1.82) is 0 Å². The first-order valence-corrected chi connectivity index (χ1v) is 7.65. The number of hydrogen-bond acceptors (Lipinski definition) is 5. The van der Waals surface area contributed by atoms with Gasteiger partial charge in [0.2, 0.25) is 5.09 Å². The van der Waals surface area contributed by atoms with Crippen LogP contribution in [0.3, 0.4) is 0 Å². The average Bonchev–Trinajstić information content (AvgIpc) is 2.88. The van der Waals surface area contributed by atoms with E-state index in [-0.39, 0.29) is 23.6 Å². The molecule has 0 radical (unpaired) electrons. The maximum Gasteiger partial charge on any atom is 0.276 e. The van der Waals surface area contributed by atoms with Crippen molar-refractivity contribution in [2.75, 3.05) is 20.2 Å². The van der Waals surface area contributed by atoms with Crippen LogP contribution in [0.15, 0.2) is 21.6 Å². The number of piperidine rings is 1. The number of furan rings is 1. The summed E-state index contributed by atoms with van der Waals surface area (Å²) in [5.41, 5.74) is 0. The highest BCUT2D eigenvalue weighted by Gasteiger charge is 2.35. The Kier molecular flexibility index (Phi) is 4.29. The zero-order valence-electron chi connectivity index (χ0n) is 11.1. The van der Waals surface area contributed by atoms with Gasteiger partial charge in [-0.25, -0.2) is 8.42 Å². The number of hydrogen-bond donors (Lipinski definition) is 1. The van der Waals surface area contributed by atoms with Crippen LogP contribution in [0.2, 0.25) is 0 Å². The summed E-state index contributed by atoms with van der Waals surface area (Å²) in [7, 11) is -2.05. The lowest BCUT2D eigenvalue weighted by Crippen LogP contribution is -2.46. The Morgan fingerprint density at radius 2 is 2.26 bits per heavy atom. The molecule has 7 heteroatoms. The van der Waals surface area contributed by atoms with Crippen molar-refractivity contribution < 1.29 is 22.7 Å². The van der Waals surface area contributed by atoms with E-state index in [1.54, 1.807) is 7.11 Å². The van der Waals surface area contributed by atoms with E-state index in [9.17, 15) is 8.42 Å². The fraction of sp³-hybridized carbons (Fsp3) is 0.667. The Morgan fingerprint density at radius 1 is 1.53 bits per heavy atom. The largest absolute Gasteiger partial charge is 0.446 e. The minimum absolute atomic E-state index is 0.101. The Balaban J connectivity index is 2.20. The van der Waals surface area contributed by atoms with Gasteiger partial charge in [0, 0.05) is 20.2 Å². The van der Waals surface area contributed by atoms with Crippen molar-refractivity contribution in [3.05, 3.63) is 17.9 Å². The zero-order chi connectivity index (χ0) is 14.0. The van der Waals surface area contributed by atoms with Gasteiger partial charge >= 0.3 is 0 Å². The molecule has 1 aromatic heterocycles. The van der Waals surface area contributed by atoms with Crippen LogP contribution in [0, 0.1) is 5.92 Å². The fourth-order valence-electron chi connectivity index (χ4n) is 2.24. The first-order chi connectivity index (χ1) is 8.98. The molecule has 1 N–H and O–H groups in total. The lowest BCUT2D eigenvalue weighted by Gasteiger charge is -2.34. The zero-order valence-corrected chi connectivity index (χ0v) is 11.9. The summed E-state index contributed by atoms with van der Waals surface area (Å²) in [5, 5.41) is 8.80. The number of rotatable bonds is 4. The quantitative estimate of drug-likeness (QED) is 0.887.